The van der Waals surface area contributed by atoms with Crippen LogP contribution >= 0.6 is 0 Å². The Balaban J connectivity index is 1.99. The fourth-order valence-corrected chi connectivity index (χ4v) is 3.10. The number of carbonyl (C=O) groups excluding carboxylic acids is 2. The lowest BCUT2D eigenvalue weighted by Gasteiger charge is -2.36. The molecule has 1 fully saturated rings. The quantitative estimate of drug-likeness (QED) is 0.613. The topological polar surface area (TPSA) is 46.6 Å². The molecule has 1 heterocycles. The van der Waals surface area contributed by atoms with Crippen LogP contribution in [-0.2, 0) is 20.9 Å². The number of likely N-dealkylation sites (tertiary alicyclic amines) is 1. The molecule has 1 amide bonds. The van der Waals surface area contributed by atoms with E-state index in [1.165, 1.54) is 0 Å². The molecule has 130 valence electrons. The monoisotopic (exact) mass is 329 g/mol. The summed E-state index contributed by atoms with van der Waals surface area (Å²) in [5, 5.41) is 0. The number of benzene rings is 1. The lowest BCUT2D eigenvalue weighted by Crippen LogP contribution is -2.45. The lowest BCUT2D eigenvalue weighted by atomic mass is 9.82. The molecule has 4 heteroatoms. The molecule has 0 aromatic heterocycles. The Kier molecular flexibility index (Phi) is 5.81. The van der Waals surface area contributed by atoms with Crippen LogP contribution in [0.1, 0.15) is 39.2 Å². The van der Waals surface area contributed by atoms with Crippen molar-refractivity contribution in [1.29, 1.82) is 0 Å². The van der Waals surface area contributed by atoms with Crippen LogP contribution in [0, 0.1) is 11.8 Å². The zero-order valence-corrected chi connectivity index (χ0v) is 14.8. The third kappa shape index (κ3) is 4.95. The van der Waals surface area contributed by atoms with Crippen molar-refractivity contribution in [1.82, 2.24) is 4.90 Å². The number of hydrogen-bond acceptors (Lipinski definition) is 3. The Morgan fingerprint density at radius 3 is 2.58 bits per heavy atom. The first-order valence-electron chi connectivity index (χ1n) is 8.47. The predicted molar refractivity (Wildman–Crippen MR) is 94.1 cm³/mol. The zero-order chi connectivity index (χ0) is 17.7. The van der Waals surface area contributed by atoms with Crippen LogP contribution in [0.3, 0.4) is 0 Å². The van der Waals surface area contributed by atoms with Crippen molar-refractivity contribution in [3.05, 3.63) is 48.6 Å². The van der Waals surface area contributed by atoms with Crippen molar-refractivity contribution < 1.29 is 14.3 Å². The average molecular weight is 329 g/mol. The second kappa shape index (κ2) is 7.65. The summed E-state index contributed by atoms with van der Waals surface area (Å²) >= 11 is 0. The Morgan fingerprint density at radius 1 is 1.33 bits per heavy atom. The van der Waals surface area contributed by atoms with Gasteiger partial charge in [-0.2, -0.15) is 0 Å². The highest BCUT2D eigenvalue weighted by atomic mass is 16.6. The highest BCUT2D eigenvalue weighted by Gasteiger charge is 2.36. The molecule has 1 aliphatic rings. The minimum Gasteiger partial charge on any atom is -0.460 e. The second-order valence-electron chi connectivity index (χ2n) is 7.35. The van der Waals surface area contributed by atoms with E-state index in [2.05, 4.69) is 6.58 Å². The van der Waals surface area contributed by atoms with E-state index >= 15 is 0 Å². The Hall–Kier alpha value is -2.10. The molecule has 1 aliphatic heterocycles. The van der Waals surface area contributed by atoms with Gasteiger partial charge >= 0.3 is 5.97 Å². The van der Waals surface area contributed by atoms with Crippen molar-refractivity contribution in [2.24, 2.45) is 11.8 Å². The maximum absolute atomic E-state index is 12.7. The van der Waals surface area contributed by atoms with Gasteiger partial charge in [-0.25, -0.2) is 0 Å². The molecule has 0 N–H and O–H groups in total. The number of carbonyl (C=O) groups is 2. The normalized spacial score (nSPS) is 21.5. The van der Waals surface area contributed by atoms with E-state index in [-0.39, 0.29) is 30.1 Å². The van der Waals surface area contributed by atoms with Crippen LogP contribution in [0.2, 0.25) is 0 Å². The number of piperidine rings is 1. The Labute approximate surface area is 144 Å². The van der Waals surface area contributed by atoms with Crippen molar-refractivity contribution in [3.8, 4) is 0 Å². The van der Waals surface area contributed by atoms with Gasteiger partial charge in [0, 0.05) is 19.5 Å². The number of hydrogen-bond donors (Lipinski definition) is 0. The second-order valence-corrected chi connectivity index (χ2v) is 7.35. The minimum atomic E-state index is -0.501. The summed E-state index contributed by atoms with van der Waals surface area (Å²) in [4.78, 5) is 26.7. The molecule has 4 nitrogen and oxygen atoms in total. The van der Waals surface area contributed by atoms with E-state index in [0.717, 1.165) is 12.0 Å². The Bertz CT molecular complexity index is 589. The molecule has 2 rings (SSSR count). The van der Waals surface area contributed by atoms with Gasteiger partial charge in [0.05, 0.1) is 5.92 Å². The van der Waals surface area contributed by atoms with Gasteiger partial charge in [-0.05, 0) is 38.7 Å². The fourth-order valence-electron chi connectivity index (χ4n) is 3.10. The summed E-state index contributed by atoms with van der Waals surface area (Å²) in [6.07, 6.45) is 2.72. The summed E-state index contributed by atoms with van der Waals surface area (Å²) in [7, 11) is 0. The standard InChI is InChI=1S/C20H27NO3/c1-5-17-16(13-18(22)24-20(2,3)4)11-12-21(19(17)23)14-15-9-7-6-8-10-15/h5-10,16-17H,1,11-14H2,2-4H3/t16-,17+/m1/s1. The summed E-state index contributed by atoms with van der Waals surface area (Å²) in [5.41, 5.74) is 0.609. The van der Waals surface area contributed by atoms with Crippen LogP contribution in [-0.4, -0.2) is 28.9 Å². The molecule has 0 unspecified atom stereocenters. The van der Waals surface area contributed by atoms with Crippen molar-refractivity contribution in [3.63, 3.8) is 0 Å². The maximum Gasteiger partial charge on any atom is 0.306 e. The molecule has 0 aliphatic carbocycles. The molecule has 24 heavy (non-hydrogen) atoms. The molecular formula is C20H27NO3. The van der Waals surface area contributed by atoms with E-state index in [4.69, 9.17) is 4.74 Å². The van der Waals surface area contributed by atoms with Gasteiger partial charge in [0.15, 0.2) is 0 Å². The van der Waals surface area contributed by atoms with E-state index in [0.29, 0.717) is 13.1 Å². The lowest BCUT2D eigenvalue weighted by molar-refractivity contribution is -0.157. The number of rotatable bonds is 5. The maximum atomic E-state index is 12.7. The summed E-state index contributed by atoms with van der Waals surface area (Å²) in [6.45, 7) is 10.6. The van der Waals surface area contributed by atoms with Crippen LogP contribution in [0.15, 0.2) is 43.0 Å². The van der Waals surface area contributed by atoms with Gasteiger partial charge in [-0.3, -0.25) is 9.59 Å². The highest BCUT2D eigenvalue weighted by Crippen LogP contribution is 2.30. The summed E-state index contributed by atoms with van der Waals surface area (Å²) < 4.78 is 5.39. The summed E-state index contributed by atoms with van der Waals surface area (Å²) in [5.74, 6) is -0.552. The highest BCUT2D eigenvalue weighted by molar-refractivity contribution is 5.82. The number of ether oxygens (including phenoxy) is 1. The molecule has 0 saturated carbocycles. The molecule has 1 aromatic rings. The van der Waals surface area contributed by atoms with Crippen molar-refractivity contribution in [2.45, 2.75) is 45.8 Å². The molecule has 0 radical (unpaired) electrons. The van der Waals surface area contributed by atoms with Crippen LogP contribution in [0.25, 0.3) is 0 Å². The molecular weight excluding hydrogens is 302 g/mol. The van der Waals surface area contributed by atoms with Crippen LogP contribution < -0.4 is 0 Å². The van der Waals surface area contributed by atoms with E-state index in [9.17, 15) is 9.59 Å². The van der Waals surface area contributed by atoms with Crippen LogP contribution in [0.5, 0.6) is 0 Å². The molecule has 0 spiro atoms. The first-order valence-corrected chi connectivity index (χ1v) is 8.47. The first-order chi connectivity index (χ1) is 11.3. The van der Waals surface area contributed by atoms with Gasteiger partial charge in [0.2, 0.25) is 5.91 Å². The summed E-state index contributed by atoms with van der Waals surface area (Å²) in [6, 6.07) is 9.94. The van der Waals surface area contributed by atoms with E-state index in [1.807, 2.05) is 56.0 Å². The molecule has 1 aromatic carbocycles. The number of esters is 1. The first kappa shape index (κ1) is 18.2. The predicted octanol–water partition coefficient (Wildman–Crippen LogP) is 3.57. The van der Waals surface area contributed by atoms with E-state index in [1.54, 1.807) is 6.08 Å². The van der Waals surface area contributed by atoms with Gasteiger partial charge < -0.3 is 9.64 Å². The third-order valence-corrected chi connectivity index (χ3v) is 4.19. The number of amides is 1. The third-order valence-electron chi connectivity index (χ3n) is 4.19. The van der Waals surface area contributed by atoms with Gasteiger partial charge in [-0.15, -0.1) is 6.58 Å². The van der Waals surface area contributed by atoms with Crippen LogP contribution in [0.4, 0.5) is 0 Å². The smallest absolute Gasteiger partial charge is 0.306 e. The van der Waals surface area contributed by atoms with Gasteiger partial charge in [0.1, 0.15) is 5.60 Å². The van der Waals surface area contributed by atoms with Gasteiger partial charge in [-0.1, -0.05) is 36.4 Å². The SMILES string of the molecule is C=C[C@@H]1C(=O)N(Cc2ccccc2)CC[C@@H]1CC(=O)OC(C)(C)C. The van der Waals surface area contributed by atoms with E-state index < -0.39 is 5.60 Å². The fraction of sp³-hybridized carbons (Fsp3) is 0.500. The molecule has 1 saturated heterocycles. The zero-order valence-electron chi connectivity index (χ0n) is 14.8. The Morgan fingerprint density at radius 2 is 2.00 bits per heavy atom. The van der Waals surface area contributed by atoms with Crippen molar-refractivity contribution in [2.75, 3.05) is 6.54 Å². The largest absolute Gasteiger partial charge is 0.460 e. The van der Waals surface area contributed by atoms with Crippen molar-refractivity contribution >= 4 is 11.9 Å². The molecule has 0 bridgehead atoms. The average Bonchev–Trinajstić information content (AvgIpc) is 2.49. The minimum absolute atomic E-state index is 0.0307. The van der Waals surface area contributed by atoms with Gasteiger partial charge in [0.25, 0.3) is 0 Å². The number of nitrogens with zero attached hydrogens (tertiary/aromatic N) is 1. The molecule has 2 atom stereocenters.